The van der Waals surface area contributed by atoms with E-state index < -0.39 is 36.1 Å². The van der Waals surface area contributed by atoms with Gasteiger partial charge in [-0.1, -0.05) is 23.2 Å². The lowest BCUT2D eigenvalue weighted by Gasteiger charge is -2.28. The molecule has 0 amide bonds. The zero-order chi connectivity index (χ0) is 18.9. The van der Waals surface area contributed by atoms with Crippen LogP contribution in [-0.4, -0.2) is 36.1 Å². The average molecular weight is 376 g/mol. The molecule has 26 heavy (non-hydrogen) atoms. The lowest BCUT2D eigenvalue weighted by molar-refractivity contribution is -0.692. The Hall–Kier alpha value is -2.22. The van der Waals surface area contributed by atoms with E-state index in [1.54, 1.807) is 0 Å². The molecule has 2 atom stereocenters. The van der Waals surface area contributed by atoms with Crippen LogP contribution in [0.3, 0.4) is 0 Å². The van der Waals surface area contributed by atoms with Crippen LogP contribution in [0.4, 0.5) is 9.59 Å². The monoisotopic (exact) mass is 376 g/mol. The van der Waals surface area contributed by atoms with E-state index in [0.29, 0.717) is 0 Å². The molecule has 2 unspecified atom stereocenters. The first kappa shape index (κ1) is 18.6. The summed E-state index contributed by atoms with van der Waals surface area (Å²) in [6.07, 6.45) is -4.45. The van der Waals surface area contributed by atoms with Gasteiger partial charge in [0.05, 0.1) is 12.8 Å². The van der Waals surface area contributed by atoms with Crippen molar-refractivity contribution in [3.8, 4) is 0 Å². The summed E-state index contributed by atoms with van der Waals surface area (Å²) in [6.45, 7) is 10.2. The van der Waals surface area contributed by atoms with E-state index in [1.165, 1.54) is 13.8 Å². The number of hydrogen-bond acceptors (Lipinski definition) is 12. The third-order valence-corrected chi connectivity index (χ3v) is 3.91. The van der Waals surface area contributed by atoms with Crippen molar-refractivity contribution in [1.82, 2.24) is 0 Å². The fourth-order valence-electron chi connectivity index (χ4n) is 2.28. The van der Waals surface area contributed by atoms with Crippen LogP contribution in [0.25, 0.3) is 0 Å². The number of cyclic esters (lactones) is 4. The van der Waals surface area contributed by atoms with Gasteiger partial charge < -0.3 is 18.9 Å². The Morgan fingerprint density at radius 2 is 1.12 bits per heavy atom. The molecule has 0 aromatic rings. The van der Waals surface area contributed by atoms with E-state index in [-0.39, 0.29) is 24.4 Å². The van der Waals surface area contributed by atoms with E-state index in [1.807, 2.05) is 0 Å². The summed E-state index contributed by atoms with van der Waals surface area (Å²) >= 11 is 0. The van der Waals surface area contributed by atoms with Crippen molar-refractivity contribution in [2.24, 2.45) is 0 Å². The molecule has 0 aliphatic carbocycles. The van der Waals surface area contributed by atoms with Crippen LogP contribution < -0.4 is 0 Å². The molecule has 12 heteroatoms. The van der Waals surface area contributed by atoms with E-state index in [9.17, 15) is 9.59 Å². The predicted molar refractivity (Wildman–Crippen MR) is 73.5 cm³/mol. The zero-order valence-electron chi connectivity index (χ0n) is 13.9. The predicted octanol–water partition coefficient (Wildman–Crippen LogP) is 2.07. The van der Waals surface area contributed by atoms with Crippen molar-refractivity contribution < 1.29 is 58.2 Å². The SMILES string of the molecule is C=C1OC(=O)OC1(C)CC1OOOC(CC2(C)OC(=O)OC2=C)OOO1. The largest absolute Gasteiger partial charge is 0.514 e. The molecule has 3 saturated heterocycles. The van der Waals surface area contributed by atoms with Gasteiger partial charge in [-0.25, -0.2) is 9.59 Å². The second kappa shape index (κ2) is 6.83. The van der Waals surface area contributed by atoms with Crippen molar-refractivity contribution in [3.63, 3.8) is 0 Å². The van der Waals surface area contributed by atoms with Gasteiger partial charge in [-0.3, -0.25) is 0 Å². The molecule has 3 fully saturated rings. The number of carbonyl (C=O) groups excluding carboxylic acids is 2. The molecular weight excluding hydrogens is 360 g/mol. The van der Waals surface area contributed by atoms with Crippen molar-refractivity contribution in [2.45, 2.75) is 50.5 Å². The van der Waals surface area contributed by atoms with E-state index >= 15 is 0 Å². The molecule has 0 bridgehead atoms. The fourth-order valence-corrected chi connectivity index (χ4v) is 2.28. The zero-order valence-corrected chi connectivity index (χ0v) is 13.9. The second-order valence-corrected chi connectivity index (χ2v) is 6.00. The third-order valence-electron chi connectivity index (χ3n) is 3.91. The quantitative estimate of drug-likeness (QED) is 0.526. The average Bonchev–Trinajstić information content (AvgIpc) is 2.90. The van der Waals surface area contributed by atoms with Crippen LogP contribution in [0, 0.1) is 0 Å². The Kier molecular flexibility index (Phi) is 4.88. The van der Waals surface area contributed by atoms with Crippen molar-refractivity contribution in [3.05, 3.63) is 24.7 Å². The van der Waals surface area contributed by atoms with E-state index in [4.69, 9.17) is 38.5 Å². The van der Waals surface area contributed by atoms with Gasteiger partial charge in [0.2, 0.25) is 12.6 Å². The smallest absolute Gasteiger partial charge is 0.419 e. The maximum absolute atomic E-state index is 11.2. The molecule has 0 spiro atoms. The highest BCUT2D eigenvalue weighted by Crippen LogP contribution is 2.36. The third kappa shape index (κ3) is 3.80. The van der Waals surface area contributed by atoms with Crippen molar-refractivity contribution >= 4 is 12.3 Å². The molecule has 3 heterocycles. The lowest BCUT2D eigenvalue weighted by atomic mass is 10.0. The van der Waals surface area contributed by atoms with Crippen LogP contribution in [0.1, 0.15) is 26.7 Å². The van der Waals surface area contributed by atoms with Gasteiger partial charge in [-0.05, 0) is 13.8 Å². The highest BCUT2D eigenvalue weighted by Gasteiger charge is 2.47. The molecule has 3 rings (SSSR count). The lowest BCUT2D eigenvalue weighted by Crippen LogP contribution is -2.38. The molecular formula is C14H16O12. The Balaban J connectivity index is 1.51. The maximum Gasteiger partial charge on any atom is 0.514 e. The fraction of sp³-hybridized carbons (Fsp3) is 0.571. The molecule has 0 N–H and O–H groups in total. The van der Waals surface area contributed by atoms with Gasteiger partial charge in [0, 0.05) is 0 Å². The first-order valence-electron chi connectivity index (χ1n) is 7.38. The van der Waals surface area contributed by atoms with Gasteiger partial charge >= 0.3 is 12.3 Å². The van der Waals surface area contributed by atoms with Gasteiger partial charge in [0.25, 0.3) is 0 Å². The topological polar surface area (TPSA) is 126 Å². The Morgan fingerprint density at radius 1 is 0.769 bits per heavy atom. The molecule has 0 aromatic heterocycles. The van der Waals surface area contributed by atoms with Crippen LogP contribution in [0.2, 0.25) is 0 Å². The minimum absolute atomic E-state index is 0.0611. The summed E-state index contributed by atoms with van der Waals surface area (Å²) in [4.78, 5) is 41.8. The minimum atomic E-state index is -1.23. The maximum atomic E-state index is 11.2. The summed E-state index contributed by atoms with van der Waals surface area (Å²) in [5.41, 5.74) is -2.46. The number of rotatable bonds is 4. The summed E-state index contributed by atoms with van der Waals surface area (Å²) in [5, 5.41) is 9.17. The van der Waals surface area contributed by atoms with Crippen molar-refractivity contribution in [1.29, 1.82) is 0 Å². The molecule has 3 aliphatic heterocycles. The van der Waals surface area contributed by atoms with Crippen LogP contribution in [-0.2, 0) is 48.6 Å². The first-order chi connectivity index (χ1) is 12.2. The Labute approximate surface area is 146 Å². The second-order valence-electron chi connectivity index (χ2n) is 6.00. The minimum Gasteiger partial charge on any atom is -0.419 e. The number of ether oxygens (including phenoxy) is 4. The Morgan fingerprint density at radius 3 is 1.38 bits per heavy atom. The summed E-state index contributed by atoms with van der Waals surface area (Å²) in [5.74, 6) is 0.122. The molecule has 0 aromatic carbocycles. The first-order valence-corrected chi connectivity index (χ1v) is 7.38. The molecule has 0 saturated carbocycles. The highest BCUT2D eigenvalue weighted by atomic mass is 17.6. The van der Waals surface area contributed by atoms with Crippen LogP contribution in [0.5, 0.6) is 0 Å². The molecule has 3 aliphatic rings. The normalized spacial score (nSPS) is 38.1. The van der Waals surface area contributed by atoms with E-state index in [2.05, 4.69) is 23.2 Å². The summed E-state index contributed by atoms with van der Waals surface area (Å²) < 4.78 is 19.4. The molecule has 144 valence electrons. The number of carbonyl (C=O) groups is 2. The number of hydrogen-bond donors (Lipinski definition) is 0. The Bertz CT molecular complexity index is 569. The molecule has 12 nitrogen and oxygen atoms in total. The summed E-state index contributed by atoms with van der Waals surface area (Å²) in [6, 6.07) is 0. The van der Waals surface area contributed by atoms with Crippen LogP contribution >= 0.6 is 0 Å². The van der Waals surface area contributed by atoms with Gasteiger partial charge in [-0.15, -0.1) is 0 Å². The standard InChI is InChI=1S/C14H16O12/c1-7-13(3,19-11(15)17-7)5-9-21-25-23-10(24-26-22-9)6-14(4)8(2)18-12(16)20-14/h9-10H,1-2,5-6H2,3-4H3. The van der Waals surface area contributed by atoms with Gasteiger partial charge in [0.15, 0.2) is 11.2 Å². The summed E-state index contributed by atoms with van der Waals surface area (Å²) in [7, 11) is 0. The van der Waals surface area contributed by atoms with Crippen LogP contribution in [0.15, 0.2) is 24.7 Å². The molecule has 0 radical (unpaired) electrons. The highest BCUT2D eigenvalue weighted by molar-refractivity contribution is 5.66. The van der Waals surface area contributed by atoms with Gasteiger partial charge in [-0.2, -0.15) is 19.6 Å². The van der Waals surface area contributed by atoms with Gasteiger partial charge in [0.1, 0.15) is 11.5 Å². The van der Waals surface area contributed by atoms with E-state index in [0.717, 1.165) is 0 Å². The van der Waals surface area contributed by atoms with Crippen molar-refractivity contribution in [2.75, 3.05) is 0 Å².